The van der Waals surface area contributed by atoms with Crippen LogP contribution in [0.5, 0.6) is 0 Å². The number of aryl methyl sites for hydroxylation is 1. The zero-order chi connectivity index (χ0) is 21.8. The Balaban J connectivity index is 1.32. The highest BCUT2D eigenvalue weighted by Crippen LogP contribution is 2.55. The van der Waals surface area contributed by atoms with Gasteiger partial charge in [0, 0.05) is 30.8 Å². The van der Waals surface area contributed by atoms with Crippen molar-refractivity contribution in [3.63, 3.8) is 0 Å². The monoisotopic (exact) mass is 421 g/mol. The van der Waals surface area contributed by atoms with Crippen molar-refractivity contribution in [1.82, 2.24) is 15.1 Å². The standard InChI is InChI=1S/C27H23N3O2/c1-30-27(32)22-13-7-6-12-21(22)25(29-30)26(31)28-15-16-14-23-17-8-2-4-10-19(17)24(16)20-11-5-3-9-18(20)23/h2-13,16,23-24H,14-15H2,1H3,(H,28,31). The Morgan fingerprint density at radius 1 is 0.906 bits per heavy atom. The number of hydrogen-bond acceptors (Lipinski definition) is 3. The summed E-state index contributed by atoms with van der Waals surface area (Å²) in [7, 11) is 1.58. The lowest BCUT2D eigenvalue weighted by Gasteiger charge is -2.45. The molecule has 5 heteroatoms. The van der Waals surface area contributed by atoms with Gasteiger partial charge >= 0.3 is 0 Å². The highest BCUT2D eigenvalue weighted by Gasteiger charge is 2.42. The summed E-state index contributed by atoms with van der Waals surface area (Å²) < 4.78 is 1.24. The van der Waals surface area contributed by atoms with Crippen molar-refractivity contribution >= 4 is 16.7 Å². The summed E-state index contributed by atoms with van der Waals surface area (Å²) in [6, 6.07) is 24.6. The first kappa shape index (κ1) is 19.0. The number of fused-ring (bicyclic) bond motifs is 2. The first-order valence-electron chi connectivity index (χ1n) is 11.1. The molecule has 1 aromatic heterocycles. The van der Waals surface area contributed by atoms with Gasteiger partial charge in [0.2, 0.25) is 0 Å². The lowest BCUT2D eigenvalue weighted by molar-refractivity contribution is 0.0937. The topological polar surface area (TPSA) is 64.0 Å². The molecule has 4 aromatic rings. The van der Waals surface area contributed by atoms with Gasteiger partial charge in [0.05, 0.1) is 5.39 Å². The van der Waals surface area contributed by atoms with Crippen LogP contribution in [0.15, 0.2) is 77.6 Å². The summed E-state index contributed by atoms with van der Waals surface area (Å²) in [5.41, 5.74) is 5.70. The maximum atomic E-state index is 13.2. The number of benzene rings is 3. The molecule has 1 unspecified atom stereocenters. The van der Waals surface area contributed by atoms with Crippen molar-refractivity contribution in [3.05, 3.63) is 111 Å². The van der Waals surface area contributed by atoms with E-state index in [-0.39, 0.29) is 17.4 Å². The van der Waals surface area contributed by atoms with Gasteiger partial charge < -0.3 is 5.32 Å². The second-order valence-corrected chi connectivity index (χ2v) is 8.82. The normalized spacial score (nSPS) is 20.6. The molecule has 1 heterocycles. The minimum Gasteiger partial charge on any atom is -0.350 e. The summed E-state index contributed by atoms with van der Waals surface area (Å²) in [6.45, 7) is 0.571. The quantitative estimate of drug-likeness (QED) is 0.545. The Bertz CT molecular complexity index is 1390. The van der Waals surface area contributed by atoms with Gasteiger partial charge in [-0.1, -0.05) is 66.7 Å². The van der Waals surface area contributed by atoms with Gasteiger partial charge in [-0.05, 0) is 40.7 Å². The Hall–Kier alpha value is -3.73. The van der Waals surface area contributed by atoms with E-state index in [1.54, 1.807) is 25.2 Å². The van der Waals surface area contributed by atoms with Crippen molar-refractivity contribution in [1.29, 1.82) is 0 Å². The van der Waals surface area contributed by atoms with E-state index in [9.17, 15) is 9.59 Å². The lowest BCUT2D eigenvalue weighted by Crippen LogP contribution is -2.40. The summed E-state index contributed by atoms with van der Waals surface area (Å²) in [6.07, 6.45) is 1.01. The molecule has 3 aliphatic carbocycles. The molecule has 7 rings (SSSR count). The molecule has 0 radical (unpaired) electrons. The summed E-state index contributed by atoms with van der Waals surface area (Å²) >= 11 is 0. The number of amides is 1. The van der Waals surface area contributed by atoms with Gasteiger partial charge in [-0.15, -0.1) is 0 Å². The second-order valence-electron chi connectivity index (χ2n) is 8.82. The van der Waals surface area contributed by atoms with Gasteiger partial charge in [-0.25, -0.2) is 4.68 Å². The largest absolute Gasteiger partial charge is 0.350 e. The molecule has 3 aromatic carbocycles. The maximum Gasteiger partial charge on any atom is 0.274 e. The van der Waals surface area contributed by atoms with E-state index in [2.05, 4.69) is 58.9 Å². The highest BCUT2D eigenvalue weighted by molar-refractivity contribution is 6.04. The average molecular weight is 422 g/mol. The Labute approximate surface area is 185 Å². The number of hydrogen-bond donors (Lipinski definition) is 1. The van der Waals surface area contributed by atoms with E-state index in [0.29, 0.717) is 34.8 Å². The molecular formula is C27H23N3O2. The van der Waals surface area contributed by atoms with Gasteiger partial charge in [-0.2, -0.15) is 5.10 Å². The molecule has 0 spiro atoms. The Morgan fingerprint density at radius 3 is 2.12 bits per heavy atom. The summed E-state index contributed by atoms with van der Waals surface area (Å²) in [5, 5.41) is 8.51. The zero-order valence-electron chi connectivity index (χ0n) is 17.8. The van der Waals surface area contributed by atoms with Crippen LogP contribution in [0.2, 0.25) is 0 Å². The van der Waals surface area contributed by atoms with Crippen molar-refractivity contribution in [3.8, 4) is 0 Å². The fourth-order valence-electron chi connectivity index (χ4n) is 5.73. The second kappa shape index (κ2) is 7.16. The van der Waals surface area contributed by atoms with Crippen LogP contribution in [0.3, 0.4) is 0 Å². The maximum absolute atomic E-state index is 13.2. The van der Waals surface area contributed by atoms with Crippen LogP contribution in [0.25, 0.3) is 10.8 Å². The molecule has 1 amide bonds. The van der Waals surface area contributed by atoms with E-state index in [0.717, 1.165) is 6.42 Å². The molecule has 158 valence electrons. The number of carbonyl (C=O) groups is 1. The van der Waals surface area contributed by atoms with E-state index in [4.69, 9.17) is 0 Å². The lowest BCUT2D eigenvalue weighted by atomic mass is 9.59. The third-order valence-corrected chi connectivity index (χ3v) is 7.12. The summed E-state index contributed by atoms with van der Waals surface area (Å²) in [5.74, 6) is 0.718. The van der Waals surface area contributed by atoms with Crippen molar-refractivity contribution in [2.75, 3.05) is 6.54 Å². The minimum absolute atomic E-state index is 0.199. The molecule has 0 saturated heterocycles. The number of aromatic nitrogens is 2. The van der Waals surface area contributed by atoms with E-state index in [1.165, 1.54) is 26.9 Å². The van der Waals surface area contributed by atoms with Crippen LogP contribution in [-0.4, -0.2) is 22.2 Å². The Kier molecular flexibility index (Phi) is 4.25. The van der Waals surface area contributed by atoms with Gasteiger partial charge in [0.25, 0.3) is 11.5 Å². The highest BCUT2D eigenvalue weighted by atomic mass is 16.2. The van der Waals surface area contributed by atoms with Crippen molar-refractivity contribution < 1.29 is 4.79 Å². The third-order valence-electron chi connectivity index (χ3n) is 7.12. The van der Waals surface area contributed by atoms with Gasteiger partial charge in [0.1, 0.15) is 0 Å². The van der Waals surface area contributed by atoms with Crippen LogP contribution in [0, 0.1) is 5.92 Å². The predicted octanol–water partition coefficient (Wildman–Crippen LogP) is 3.96. The first-order chi connectivity index (χ1) is 15.6. The number of carbonyl (C=O) groups excluding carboxylic acids is 1. The van der Waals surface area contributed by atoms with Crippen LogP contribution in [-0.2, 0) is 7.05 Å². The van der Waals surface area contributed by atoms with Crippen LogP contribution in [0.4, 0.5) is 0 Å². The first-order valence-corrected chi connectivity index (χ1v) is 11.1. The average Bonchev–Trinajstić information content (AvgIpc) is 2.85. The van der Waals surface area contributed by atoms with E-state index >= 15 is 0 Å². The number of nitrogens with zero attached hydrogens (tertiary/aromatic N) is 2. The molecule has 5 nitrogen and oxygen atoms in total. The van der Waals surface area contributed by atoms with E-state index in [1.807, 2.05) is 6.07 Å². The Morgan fingerprint density at radius 2 is 1.47 bits per heavy atom. The summed E-state index contributed by atoms with van der Waals surface area (Å²) in [4.78, 5) is 25.6. The van der Waals surface area contributed by atoms with Gasteiger partial charge in [0.15, 0.2) is 5.69 Å². The molecule has 0 aliphatic heterocycles. The molecule has 32 heavy (non-hydrogen) atoms. The van der Waals surface area contributed by atoms with Gasteiger partial charge in [-0.3, -0.25) is 9.59 Å². The molecule has 2 bridgehead atoms. The zero-order valence-corrected chi connectivity index (χ0v) is 17.8. The minimum atomic E-state index is -0.236. The third kappa shape index (κ3) is 2.74. The molecule has 0 saturated carbocycles. The van der Waals surface area contributed by atoms with Crippen molar-refractivity contribution in [2.45, 2.75) is 18.3 Å². The van der Waals surface area contributed by atoms with E-state index < -0.39 is 0 Å². The SMILES string of the molecule is Cn1nc(C(=O)NCC2CC3c4ccccc4C2c2ccccc23)c2ccccc2c1=O. The van der Waals surface area contributed by atoms with Crippen LogP contribution < -0.4 is 10.9 Å². The number of rotatable bonds is 3. The fraction of sp³-hybridized carbons (Fsp3) is 0.222. The van der Waals surface area contributed by atoms with Crippen LogP contribution >= 0.6 is 0 Å². The van der Waals surface area contributed by atoms with Crippen molar-refractivity contribution in [2.24, 2.45) is 13.0 Å². The molecule has 3 aliphatic rings. The molecule has 0 fully saturated rings. The molecular weight excluding hydrogens is 398 g/mol. The molecule has 1 N–H and O–H groups in total. The molecule has 1 atom stereocenters. The number of nitrogens with one attached hydrogen (secondary N) is 1. The van der Waals surface area contributed by atoms with Crippen LogP contribution in [0.1, 0.15) is 51.0 Å². The smallest absolute Gasteiger partial charge is 0.274 e. The predicted molar refractivity (Wildman–Crippen MR) is 124 cm³/mol. The fourth-order valence-corrected chi connectivity index (χ4v) is 5.73.